The van der Waals surface area contributed by atoms with Crippen LogP contribution in [0.3, 0.4) is 0 Å². The number of benzene rings is 2. The highest BCUT2D eigenvalue weighted by Gasteiger charge is 2.36. The molecule has 0 unspecified atom stereocenters. The normalized spacial score (nSPS) is 18.2. The number of nitrogens with one attached hydrogen (secondary N) is 1. The van der Waals surface area contributed by atoms with Gasteiger partial charge in [-0.2, -0.15) is 0 Å². The number of hydrogen-bond donors (Lipinski definition) is 1. The van der Waals surface area contributed by atoms with Crippen LogP contribution in [0, 0.1) is 0 Å². The number of urea groups is 1. The van der Waals surface area contributed by atoms with Gasteiger partial charge in [-0.1, -0.05) is 60.7 Å². The lowest BCUT2D eigenvalue weighted by Gasteiger charge is -2.24. The molecule has 5 heteroatoms. The van der Waals surface area contributed by atoms with Crippen LogP contribution < -0.4 is 5.32 Å². The third-order valence-corrected chi connectivity index (χ3v) is 4.40. The Hall–Kier alpha value is -3.08. The molecule has 28 heavy (non-hydrogen) atoms. The average Bonchev–Trinajstić information content (AvgIpc) is 2.90. The molecule has 5 nitrogen and oxygen atoms in total. The van der Waals surface area contributed by atoms with E-state index in [9.17, 15) is 9.59 Å². The van der Waals surface area contributed by atoms with Gasteiger partial charge in [-0.05, 0) is 38.3 Å². The van der Waals surface area contributed by atoms with Crippen molar-refractivity contribution in [2.45, 2.75) is 45.4 Å². The van der Waals surface area contributed by atoms with Crippen LogP contribution in [0.1, 0.15) is 31.9 Å². The highest BCUT2D eigenvalue weighted by Crippen LogP contribution is 2.24. The topological polar surface area (TPSA) is 58.6 Å². The lowest BCUT2D eigenvalue weighted by atomic mass is 10.0. The first-order valence-corrected chi connectivity index (χ1v) is 9.42. The lowest BCUT2D eigenvalue weighted by Crippen LogP contribution is -2.34. The summed E-state index contributed by atoms with van der Waals surface area (Å²) in [6.45, 7) is 5.93. The van der Waals surface area contributed by atoms with Gasteiger partial charge in [-0.3, -0.25) is 0 Å². The maximum Gasteiger partial charge on any atom is 0.333 e. The second-order valence-electron chi connectivity index (χ2n) is 7.88. The third-order valence-electron chi connectivity index (χ3n) is 4.40. The molecular formula is C23H26N2O3. The van der Waals surface area contributed by atoms with Gasteiger partial charge in [0.1, 0.15) is 5.60 Å². The van der Waals surface area contributed by atoms with E-state index in [1.807, 2.05) is 81.4 Å². The quantitative estimate of drug-likeness (QED) is 0.631. The van der Waals surface area contributed by atoms with Gasteiger partial charge in [-0.25, -0.2) is 9.59 Å². The van der Waals surface area contributed by atoms with Crippen molar-refractivity contribution >= 4 is 12.0 Å². The van der Waals surface area contributed by atoms with Crippen molar-refractivity contribution in [2.24, 2.45) is 0 Å². The lowest BCUT2D eigenvalue weighted by molar-refractivity contribution is -0.148. The smallest absolute Gasteiger partial charge is 0.333 e. The molecular weight excluding hydrogens is 352 g/mol. The van der Waals surface area contributed by atoms with E-state index in [-0.39, 0.29) is 12.1 Å². The van der Waals surface area contributed by atoms with Crippen molar-refractivity contribution in [1.82, 2.24) is 10.2 Å². The first-order valence-electron chi connectivity index (χ1n) is 9.42. The molecule has 1 aliphatic heterocycles. The zero-order valence-electron chi connectivity index (χ0n) is 16.5. The van der Waals surface area contributed by atoms with Crippen molar-refractivity contribution in [2.75, 3.05) is 0 Å². The van der Waals surface area contributed by atoms with Gasteiger partial charge in [0.2, 0.25) is 0 Å². The predicted molar refractivity (Wildman–Crippen MR) is 108 cm³/mol. The number of carbonyl (C=O) groups excluding carboxylic acids is 2. The Morgan fingerprint density at radius 3 is 2.18 bits per heavy atom. The molecule has 0 radical (unpaired) electrons. The van der Waals surface area contributed by atoms with Crippen LogP contribution in [0.2, 0.25) is 0 Å². The van der Waals surface area contributed by atoms with E-state index in [1.165, 1.54) is 6.08 Å². The Morgan fingerprint density at radius 2 is 1.61 bits per heavy atom. The van der Waals surface area contributed by atoms with Crippen LogP contribution in [0.5, 0.6) is 0 Å². The highest BCUT2D eigenvalue weighted by atomic mass is 16.6. The van der Waals surface area contributed by atoms with Gasteiger partial charge in [0.05, 0.1) is 6.04 Å². The van der Waals surface area contributed by atoms with E-state index in [2.05, 4.69) is 5.32 Å². The van der Waals surface area contributed by atoms with E-state index < -0.39 is 11.6 Å². The fourth-order valence-electron chi connectivity index (χ4n) is 3.20. The van der Waals surface area contributed by atoms with E-state index in [0.29, 0.717) is 18.7 Å². The minimum absolute atomic E-state index is 0.209. The minimum atomic E-state index is -0.588. The Kier molecular flexibility index (Phi) is 5.83. The van der Waals surface area contributed by atoms with Crippen LogP contribution in [0.4, 0.5) is 4.79 Å². The van der Waals surface area contributed by atoms with Gasteiger partial charge in [0, 0.05) is 18.3 Å². The summed E-state index contributed by atoms with van der Waals surface area (Å²) in [4.78, 5) is 26.8. The maximum absolute atomic E-state index is 12.7. The van der Waals surface area contributed by atoms with E-state index in [4.69, 9.17) is 4.74 Å². The van der Waals surface area contributed by atoms with Crippen LogP contribution in [0.15, 0.2) is 72.4 Å². The van der Waals surface area contributed by atoms with Crippen molar-refractivity contribution in [3.8, 4) is 0 Å². The summed E-state index contributed by atoms with van der Waals surface area (Å²) in [6.07, 6.45) is 2.02. The number of esters is 1. The van der Waals surface area contributed by atoms with Crippen molar-refractivity contribution in [1.29, 1.82) is 0 Å². The van der Waals surface area contributed by atoms with Gasteiger partial charge >= 0.3 is 12.0 Å². The van der Waals surface area contributed by atoms with Gasteiger partial charge in [-0.15, -0.1) is 0 Å². The minimum Gasteiger partial charge on any atom is -0.457 e. The first kappa shape index (κ1) is 19.7. The number of carbonyl (C=O) groups is 2. The number of hydrogen-bond acceptors (Lipinski definition) is 3. The first-order chi connectivity index (χ1) is 13.3. The van der Waals surface area contributed by atoms with Crippen molar-refractivity contribution < 1.29 is 14.3 Å². The van der Waals surface area contributed by atoms with Crippen molar-refractivity contribution in [3.05, 3.63) is 83.6 Å². The molecule has 0 saturated carbocycles. The molecule has 1 atom stereocenters. The van der Waals surface area contributed by atoms with E-state index >= 15 is 0 Å². The fraction of sp³-hybridized carbons (Fsp3) is 0.304. The SMILES string of the molecule is CC(C)(C)OC(=O)/C=C1\NC(=O)N(Cc2ccccc2)[C@H]1Cc1ccccc1. The van der Waals surface area contributed by atoms with E-state index in [0.717, 1.165) is 11.1 Å². The third kappa shape index (κ3) is 5.22. The Bertz CT molecular complexity index is 854. The summed E-state index contributed by atoms with van der Waals surface area (Å²) in [6, 6.07) is 19.3. The molecule has 146 valence electrons. The highest BCUT2D eigenvalue weighted by molar-refractivity contribution is 5.87. The van der Waals surface area contributed by atoms with Crippen LogP contribution in [-0.4, -0.2) is 28.5 Å². The molecule has 1 heterocycles. The second kappa shape index (κ2) is 8.30. The average molecular weight is 378 g/mol. The summed E-state index contributed by atoms with van der Waals surface area (Å²) < 4.78 is 5.40. The molecule has 0 aromatic heterocycles. The molecule has 2 aromatic carbocycles. The predicted octanol–water partition coefficient (Wildman–Crippen LogP) is 4.05. The molecule has 2 aromatic rings. The maximum atomic E-state index is 12.7. The van der Waals surface area contributed by atoms with Crippen LogP contribution >= 0.6 is 0 Å². The number of ether oxygens (including phenoxy) is 1. The van der Waals surface area contributed by atoms with Gasteiger partial charge in [0.15, 0.2) is 0 Å². The molecule has 0 aliphatic carbocycles. The molecule has 1 fully saturated rings. The van der Waals surface area contributed by atoms with Crippen LogP contribution in [-0.2, 0) is 22.5 Å². The standard InChI is InChI=1S/C23H26N2O3/c1-23(2,3)28-21(26)15-19-20(14-17-10-6-4-7-11-17)25(22(27)24-19)16-18-12-8-5-9-13-18/h4-13,15,20H,14,16H2,1-3H3,(H,24,27)/b19-15-/t20-/m0/s1. The summed E-state index contributed by atoms with van der Waals surface area (Å²) >= 11 is 0. The Balaban J connectivity index is 1.87. The van der Waals surface area contributed by atoms with Crippen molar-refractivity contribution in [3.63, 3.8) is 0 Å². The molecule has 3 rings (SSSR count). The second-order valence-corrected chi connectivity index (χ2v) is 7.88. The molecule has 2 amide bonds. The van der Waals surface area contributed by atoms with Crippen LogP contribution in [0.25, 0.3) is 0 Å². The number of rotatable bonds is 5. The van der Waals surface area contributed by atoms with Gasteiger partial charge in [0.25, 0.3) is 0 Å². The monoisotopic (exact) mass is 378 g/mol. The molecule has 1 N–H and O–H groups in total. The summed E-state index contributed by atoms with van der Waals surface area (Å²) in [5.41, 5.74) is 2.11. The Morgan fingerprint density at radius 1 is 1.04 bits per heavy atom. The molecule has 0 bridgehead atoms. The Labute approximate surface area is 166 Å². The zero-order chi connectivity index (χ0) is 20.1. The number of amides is 2. The fourth-order valence-corrected chi connectivity index (χ4v) is 3.20. The summed E-state index contributed by atoms with van der Waals surface area (Å²) in [5, 5.41) is 2.86. The summed E-state index contributed by atoms with van der Waals surface area (Å²) in [5.74, 6) is -0.456. The largest absolute Gasteiger partial charge is 0.457 e. The number of nitrogens with zero attached hydrogens (tertiary/aromatic N) is 1. The zero-order valence-corrected chi connectivity index (χ0v) is 16.5. The van der Waals surface area contributed by atoms with E-state index in [1.54, 1.807) is 4.90 Å². The molecule has 0 spiro atoms. The molecule has 1 aliphatic rings. The molecule has 1 saturated heterocycles. The summed E-state index contributed by atoms with van der Waals surface area (Å²) in [7, 11) is 0. The van der Waals surface area contributed by atoms with Gasteiger partial charge < -0.3 is 15.0 Å².